The quantitative estimate of drug-likeness (QED) is 0.502. The van der Waals surface area contributed by atoms with Crippen LogP contribution in [-0.4, -0.2) is 10.5 Å². The molecule has 0 aliphatic rings. The highest BCUT2D eigenvalue weighted by atomic mass is 32.1. The van der Waals surface area contributed by atoms with Gasteiger partial charge in [0.15, 0.2) is 0 Å². The van der Waals surface area contributed by atoms with E-state index >= 15 is 0 Å². The van der Waals surface area contributed by atoms with Crippen LogP contribution in [0, 0.1) is 5.82 Å². The molecule has 1 amide bonds. The Morgan fingerprint density at radius 3 is 2.56 bits per heavy atom. The number of carbonyl (C=O) groups is 1. The van der Waals surface area contributed by atoms with Crippen LogP contribution in [0.5, 0.6) is 0 Å². The van der Waals surface area contributed by atoms with Gasteiger partial charge in [0.05, 0.1) is 10.2 Å². The number of nitrogens with one attached hydrogen (secondary N) is 1. The average molecular weight is 378 g/mol. The lowest BCUT2D eigenvalue weighted by Gasteiger charge is -2.11. The van der Waals surface area contributed by atoms with E-state index in [1.165, 1.54) is 17.7 Å². The summed E-state index contributed by atoms with van der Waals surface area (Å²) in [5, 5.41) is 4.99. The molecule has 0 fully saturated rings. The molecule has 136 valence electrons. The standard InChI is InChI=1S/C22H19FN2OS/c23-18-8-6-17(7-9-18)15-24-22(26)20-14-21-19(11-13-27-21)25(20)12-10-16-4-2-1-3-5-16/h1-9,11,13-14H,10,12,15H2,(H,24,26). The van der Waals surface area contributed by atoms with E-state index in [0.29, 0.717) is 12.2 Å². The van der Waals surface area contributed by atoms with E-state index in [4.69, 9.17) is 0 Å². The zero-order chi connectivity index (χ0) is 18.6. The summed E-state index contributed by atoms with van der Waals surface area (Å²) in [7, 11) is 0. The molecule has 2 heterocycles. The molecule has 2 aromatic heterocycles. The third-order valence-electron chi connectivity index (χ3n) is 4.59. The molecule has 27 heavy (non-hydrogen) atoms. The van der Waals surface area contributed by atoms with Crippen LogP contribution in [0.4, 0.5) is 4.39 Å². The Morgan fingerprint density at radius 2 is 1.78 bits per heavy atom. The lowest BCUT2D eigenvalue weighted by Crippen LogP contribution is -2.25. The highest BCUT2D eigenvalue weighted by Crippen LogP contribution is 2.26. The number of benzene rings is 2. The summed E-state index contributed by atoms with van der Waals surface area (Å²) in [6.07, 6.45) is 0.860. The van der Waals surface area contributed by atoms with Gasteiger partial charge in [-0.1, -0.05) is 42.5 Å². The average Bonchev–Trinajstić information content (AvgIpc) is 3.28. The fraction of sp³-hybridized carbons (Fsp3) is 0.136. The molecule has 3 nitrogen and oxygen atoms in total. The Morgan fingerprint density at radius 1 is 1.00 bits per heavy atom. The van der Waals surface area contributed by atoms with Gasteiger partial charge in [-0.15, -0.1) is 11.3 Å². The Kier molecular flexibility index (Phi) is 5.03. The second-order valence-corrected chi connectivity index (χ2v) is 7.34. The molecule has 0 radical (unpaired) electrons. The third kappa shape index (κ3) is 3.93. The topological polar surface area (TPSA) is 34.0 Å². The molecule has 0 atom stereocenters. The van der Waals surface area contributed by atoms with Crippen LogP contribution in [0.2, 0.25) is 0 Å². The highest BCUT2D eigenvalue weighted by molar-refractivity contribution is 7.17. The largest absolute Gasteiger partial charge is 0.347 e. The van der Waals surface area contributed by atoms with Crippen LogP contribution in [0.25, 0.3) is 10.2 Å². The van der Waals surface area contributed by atoms with Crippen molar-refractivity contribution in [1.29, 1.82) is 0 Å². The van der Waals surface area contributed by atoms with E-state index in [1.54, 1.807) is 23.5 Å². The maximum Gasteiger partial charge on any atom is 0.268 e. The molecule has 0 aliphatic carbocycles. The number of thiophene rings is 1. The Labute approximate surface area is 161 Å². The lowest BCUT2D eigenvalue weighted by atomic mass is 10.1. The molecular weight excluding hydrogens is 359 g/mol. The van der Waals surface area contributed by atoms with Gasteiger partial charge in [0, 0.05) is 13.1 Å². The molecule has 0 saturated carbocycles. The summed E-state index contributed by atoms with van der Waals surface area (Å²) >= 11 is 1.63. The number of hydrogen-bond acceptors (Lipinski definition) is 2. The van der Waals surface area contributed by atoms with Crippen LogP contribution in [0.15, 0.2) is 72.1 Å². The van der Waals surface area contributed by atoms with Crippen LogP contribution < -0.4 is 5.32 Å². The lowest BCUT2D eigenvalue weighted by molar-refractivity contribution is 0.0942. The summed E-state index contributed by atoms with van der Waals surface area (Å²) in [4.78, 5) is 12.8. The predicted octanol–water partition coefficient (Wildman–Crippen LogP) is 5.01. The maximum atomic E-state index is 13.0. The first-order chi connectivity index (χ1) is 13.2. The molecule has 1 N–H and O–H groups in total. The van der Waals surface area contributed by atoms with Gasteiger partial charge >= 0.3 is 0 Å². The smallest absolute Gasteiger partial charge is 0.268 e. The first-order valence-electron chi connectivity index (χ1n) is 8.84. The number of carbonyl (C=O) groups excluding carboxylic acids is 1. The van der Waals surface area contributed by atoms with Gasteiger partial charge in [0.1, 0.15) is 11.5 Å². The van der Waals surface area contributed by atoms with E-state index in [2.05, 4.69) is 28.1 Å². The fourth-order valence-corrected chi connectivity index (χ4v) is 3.99. The number of hydrogen-bond donors (Lipinski definition) is 1. The van der Waals surface area contributed by atoms with Crippen molar-refractivity contribution in [1.82, 2.24) is 9.88 Å². The van der Waals surface area contributed by atoms with Gasteiger partial charge in [-0.2, -0.15) is 0 Å². The second-order valence-electron chi connectivity index (χ2n) is 6.40. The third-order valence-corrected chi connectivity index (χ3v) is 5.44. The molecule has 0 bridgehead atoms. The van der Waals surface area contributed by atoms with Gasteiger partial charge in [0.2, 0.25) is 0 Å². The Hall–Kier alpha value is -2.92. The van der Waals surface area contributed by atoms with E-state index < -0.39 is 0 Å². The van der Waals surface area contributed by atoms with Gasteiger partial charge in [-0.3, -0.25) is 4.79 Å². The van der Waals surface area contributed by atoms with Gasteiger partial charge < -0.3 is 9.88 Å². The van der Waals surface area contributed by atoms with E-state index in [0.717, 1.165) is 28.7 Å². The summed E-state index contributed by atoms with van der Waals surface area (Å²) in [5.41, 5.74) is 3.86. The number of aryl methyl sites for hydroxylation is 2. The van der Waals surface area contributed by atoms with E-state index in [1.807, 2.05) is 29.6 Å². The zero-order valence-corrected chi connectivity index (χ0v) is 15.5. The molecule has 0 saturated heterocycles. The summed E-state index contributed by atoms with van der Waals surface area (Å²) < 4.78 is 16.2. The molecular formula is C22H19FN2OS. The van der Waals surface area contributed by atoms with Gasteiger partial charge in [-0.05, 0) is 47.2 Å². The van der Waals surface area contributed by atoms with Crippen molar-refractivity contribution >= 4 is 27.5 Å². The minimum atomic E-state index is -0.278. The number of halogens is 1. The van der Waals surface area contributed by atoms with Crippen LogP contribution >= 0.6 is 11.3 Å². The molecule has 4 aromatic rings. The normalized spacial score (nSPS) is 11.0. The first kappa shape index (κ1) is 17.5. The summed E-state index contributed by atoms with van der Waals surface area (Å²) in [5.74, 6) is -0.393. The van der Waals surface area contributed by atoms with E-state index in [9.17, 15) is 9.18 Å². The number of aromatic nitrogens is 1. The van der Waals surface area contributed by atoms with Crippen molar-refractivity contribution in [2.24, 2.45) is 0 Å². The minimum Gasteiger partial charge on any atom is -0.347 e. The van der Waals surface area contributed by atoms with Crippen molar-refractivity contribution in [3.63, 3.8) is 0 Å². The van der Waals surface area contributed by atoms with Crippen molar-refractivity contribution in [2.45, 2.75) is 19.5 Å². The molecule has 0 unspecified atom stereocenters. The second kappa shape index (κ2) is 7.76. The number of nitrogens with zero attached hydrogens (tertiary/aromatic N) is 1. The van der Waals surface area contributed by atoms with Gasteiger partial charge in [0.25, 0.3) is 5.91 Å². The molecule has 2 aromatic carbocycles. The number of rotatable bonds is 6. The highest BCUT2D eigenvalue weighted by Gasteiger charge is 2.16. The van der Waals surface area contributed by atoms with Crippen LogP contribution in [0.1, 0.15) is 21.6 Å². The number of amides is 1. The number of fused-ring (bicyclic) bond motifs is 1. The summed E-state index contributed by atoms with van der Waals surface area (Å²) in [6, 6.07) is 20.4. The molecule has 0 aliphatic heterocycles. The Balaban J connectivity index is 1.52. The first-order valence-corrected chi connectivity index (χ1v) is 9.72. The van der Waals surface area contributed by atoms with Crippen LogP contribution in [-0.2, 0) is 19.5 Å². The predicted molar refractivity (Wildman–Crippen MR) is 108 cm³/mol. The molecule has 4 rings (SSSR count). The monoisotopic (exact) mass is 378 g/mol. The zero-order valence-electron chi connectivity index (χ0n) is 14.7. The minimum absolute atomic E-state index is 0.115. The van der Waals surface area contributed by atoms with Crippen molar-refractivity contribution in [3.05, 3.63) is 94.7 Å². The SMILES string of the molecule is O=C(NCc1ccc(F)cc1)c1cc2sccc2n1CCc1ccccc1. The van der Waals surface area contributed by atoms with Crippen molar-refractivity contribution in [2.75, 3.05) is 0 Å². The van der Waals surface area contributed by atoms with Gasteiger partial charge in [-0.25, -0.2) is 4.39 Å². The summed E-state index contributed by atoms with van der Waals surface area (Å²) in [6.45, 7) is 1.11. The van der Waals surface area contributed by atoms with Crippen molar-refractivity contribution < 1.29 is 9.18 Å². The van der Waals surface area contributed by atoms with Crippen LogP contribution in [0.3, 0.4) is 0 Å². The maximum absolute atomic E-state index is 13.0. The molecule has 0 spiro atoms. The van der Waals surface area contributed by atoms with E-state index in [-0.39, 0.29) is 11.7 Å². The molecule has 5 heteroatoms. The Bertz CT molecular complexity index is 1050. The fourth-order valence-electron chi connectivity index (χ4n) is 3.17. The van der Waals surface area contributed by atoms with Crippen molar-refractivity contribution in [3.8, 4) is 0 Å².